The van der Waals surface area contributed by atoms with Gasteiger partial charge in [-0.25, -0.2) is 4.39 Å². The van der Waals surface area contributed by atoms with Crippen LogP contribution in [-0.2, 0) is 9.59 Å². The smallest absolute Gasteiger partial charge is 0.230 e. The molecule has 0 bridgehead atoms. The van der Waals surface area contributed by atoms with Crippen molar-refractivity contribution >= 4 is 17.9 Å². The molecular weight excluding hydrogens is 245 g/mol. The lowest BCUT2D eigenvalue weighted by Crippen LogP contribution is -2.38. The van der Waals surface area contributed by atoms with E-state index in [9.17, 15) is 14.0 Å². The van der Waals surface area contributed by atoms with Gasteiger partial charge in [0.2, 0.25) is 5.91 Å². The van der Waals surface area contributed by atoms with Crippen LogP contribution in [0.2, 0.25) is 0 Å². The Bertz CT molecular complexity index is 438. The molecule has 0 aliphatic heterocycles. The molecule has 1 fully saturated rings. The van der Waals surface area contributed by atoms with Gasteiger partial charge < -0.3 is 9.69 Å². The molecule has 0 radical (unpaired) electrons. The third kappa shape index (κ3) is 3.40. The summed E-state index contributed by atoms with van der Waals surface area (Å²) in [5.74, 6) is -0.364. The maximum Gasteiger partial charge on any atom is 0.230 e. The normalized spacial score (nSPS) is 16.1. The predicted octanol–water partition coefficient (Wildman–Crippen LogP) is 2.94. The van der Waals surface area contributed by atoms with Gasteiger partial charge in [0, 0.05) is 11.6 Å². The molecule has 3 nitrogen and oxygen atoms in total. The van der Waals surface area contributed by atoms with Crippen molar-refractivity contribution in [2.24, 2.45) is 5.92 Å². The number of aldehydes is 1. The highest BCUT2D eigenvalue weighted by Crippen LogP contribution is 2.27. The van der Waals surface area contributed by atoms with Gasteiger partial charge in [0.1, 0.15) is 12.1 Å². The fourth-order valence-electron chi connectivity index (χ4n) is 2.59. The standard InChI is InChI=1S/C15H18FNO2/c16-13-6-8-14(9-7-13)17(10-11-18)15(19)12-4-2-1-3-5-12/h6-9,11-12H,1-5,10H2. The second-order valence-corrected chi connectivity index (χ2v) is 4.93. The number of hydrogen-bond donors (Lipinski definition) is 0. The highest BCUT2D eigenvalue weighted by atomic mass is 19.1. The maximum absolute atomic E-state index is 12.9. The van der Waals surface area contributed by atoms with Gasteiger partial charge in [0.25, 0.3) is 0 Å². The minimum atomic E-state index is -0.347. The molecule has 4 heteroatoms. The van der Waals surface area contributed by atoms with E-state index in [2.05, 4.69) is 0 Å². The second kappa shape index (κ2) is 6.45. The summed E-state index contributed by atoms with van der Waals surface area (Å²) >= 11 is 0. The van der Waals surface area contributed by atoms with Gasteiger partial charge in [-0.1, -0.05) is 19.3 Å². The zero-order valence-corrected chi connectivity index (χ0v) is 10.8. The predicted molar refractivity (Wildman–Crippen MR) is 71.4 cm³/mol. The van der Waals surface area contributed by atoms with Crippen LogP contribution in [0.15, 0.2) is 24.3 Å². The number of nitrogens with zero attached hydrogens (tertiary/aromatic N) is 1. The summed E-state index contributed by atoms with van der Waals surface area (Å²) in [6, 6.07) is 5.70. The van der Waals surface area contributed by atoms with E-state index in [0.29, 0.717) is 12.0 Å². The average Bonchev–Trinajstić information content (AvgIpc) is 2.46. The summed E-state index contributed by atoms with van der Waals surface area (Å²) < 4.78 is 12.9. The molecule has 0 atom stereocenters. The Morgan fingerprint density at radius 2 is 1.84 bits per heavy atom. The Balaban J connectivity index is 2.16. The third-order valence-corrected chi connectivity index (χ3v) is 3.62. The van der Waals surface area contributed by atoms with Crippen molar-refractivity contribution < 1.29 is 14.0 Å². The van der Waals surface area contributed by atoms with Crippen LogP contribution in [0.3, 0.4) is 0 Å². The van der Waals surface area contributed by atoms with Crippen molar-refractivity contribution in [3.63, 3.8) is 0 Å². The highest BCUT2D eigenvalue weighted by molar-refractivity contribution is 5.97. The van der Waals surface area contributed by atoms with Crippen molar-refractivity contribution in [2.45, 2.75) is 32.1 Å². The highest BCUT2D eigenvalue weighted by Gasteiger charge is 2.26. The number of carbonyl (C=O) groups is 2. The van der Waals surface area contributed by atoms with Gasteiger partial charge in [0.05, 0.1) is 6.54 Å². The Morgan fingerprint density at radius 1 is 1.21 bits per heavy atom. The van der Waals surface area contributed by atoms with Crippen molar-refractivity contribution in [3.8, 4) is 0 Å². The van der Waals surface area contributed by atoms with Crippen LogP contribution in [0.5, 0.6) is 0 Å². The molecule has 0 saturated heterocycles. The molecule has 1 amide bonds. The number of amides is 1. The van der Waals surface area contributed by atoms with Crippen LogP contribution in [-0.4, -0.2) is 18.7 Å². The van der Waals surface area contributed by atoms with E-state index in [1.807, 2.05) is 0 Å². The molecule has 102 valence electrons. The van der Waals surface area contributed by atoms with Crippen molar-refractivity contribution in [1.82, 2.24) is 0 Å². The van der Waals surface area contributed by atoms with Crippen LogP contribution in [0, 0.1) is 11.7 Å². The third-order valence-electron chi connectivity index (χ3n) is 3.62. The number of carbonyl (C=O) groups excluding carboxylic acids is 2. The second-order valence-electron chi connectivity index (χ2n) is 4.93. The van der Waals surface area contributed by atoms with E-state index in [0.717, 1.165) is 25.7 Å². The maximum atomic E-state index is 12.9. The van der Waals surface area contributed by atoms with E-state index in [-0.39, 0.29) is 24.2 Å². The van der Waals surface area contributed by atoms with Gasteiger partial charge >= 0.3 is 0 Å². The average molecular weight is 263 g/mol. The quantitative estimate of drug-likeness (QED) is 0.783. The van der Waals surface area contributed by atoms with E-state index in [4.69, 9.17) is 0 Å². The van der Waals surface area contributed by atoms with Crippen LogP contribution in [0.4, 0.5) is 10.1 Å². The van der Waals surface area contributed by atoms with Crippen LogP contribution >= 0.6 is 0 Å². The first-order chi connectivity index (χ1) is 9.22. The lowest BCUT2D eigenvalue weighted by atomic mass is 9.88. The van der Waals surface area contributed by atoms with E-state index in [1.54, 1.807) is 12.1 Å². The molecule has 1 aliphatic carbocycles. The molecule has 1 aliphatic rings. The number of benzene rings is 1. The summed E-state index contributed by atoms with van der Waals surface area (Å²) in [6.45, 7) is 0.0287. The molecule has 0 aromatic heterocycles. The van der Waals surface area contributed by atoms with Crippen molar-refractivity contribution in [2.75, 3.05) is 11.4 Å². The molecule has 0 unspecified atom stereocenters. The first kappa shape index (κ1) is 13.7. The summed E-state index contributed by atoms with van der Waals surface area (Å²) in [5, 5.41) is 0. The van der Waals surface area contributed by atoms with E-state index in [1.165, 1.54) is 23.5 Å². The van der Waals surface area contributed by atoms with Gasteiger partial charge in [-0.15, -0.1) is 0 Å². The zero-order chi connectivity index (χ0) is 13.7. The lowest BCUT2D eigenvalue weighted by molar-refractivity contribution is -0.124. The van der Waals surface area contributed by atoms with E-state index < -0.39 is 0 Å². The molecule has 1 aromatic rings. The first-order valence-corrected chi connectivity index (χ1v) is 6.73. The fourth-order valence-corrected chi connectivity index (χ4v) is 2.59. The zero-order valence-electron chi connectivity index (χ0n) is 10.8. The molecule has 1 saturated carbocycles. The number of hydrogen-bond acceptors (Lipinski definition) is 2. The van der Waals surface area contributed by atoms with Crippen molar-refractivity contribution in [3.05, 3.63) is 30.1 Å². The molecule has 0 N–H and O–H groups in total. The molecular formula is C15H18FNO2. The monoisotopic (exact) mass is 263 g/mol. The van der Waals surface area contributed by atoms with Gasteiger partial charge in [-0.05, 0) is 37.1 Å². The summed E-state index contributed by atoms with van der Waals surface area (Å²) in [4.78, 5) is 24.7. The molecule has 0 spiro atoms. The van der Waals surface area contributed by atoms with Crippen LogP contribution in [0.25, 0.3) is 0 Å². The summed E-state index contributed by atoms with van der Waals surface area (Å²) in [7, 11) is 0. The molecule has 0 heterocycles. The van der Waals surface area contributed by atoms with Gasteiger partial charge in [-0.2, -0.15) is 0 Å². The minimum absolute atomic E-state index is 0.00115. The van der Waals surface area contributed by atoms with Crippen LogP contribution < -0.4 is 4.90 Å². The Hall–Kier alpha value is -1.71. The minimum Gasteiger partial charge on any atom is -0.305 e. The summed E-state index contributed by atoms with van der Waals surface area (Å²) in [6.07, 6.45) is 5.78. The molecule has 19 heavy (non-hydrogen) atoms. The number of rotatable bonds is 4. The van der Waals surface area contributed by atoms with Crippen LogP contribution in [0.1, 0.15) is 32.1 Å². The largest absolute Gasteiger partial charge is 0.305 e. The lowest BCUT2D eigenvalue weighted by Gasteiger charge is -2.28. The van der Waals surface area contributed by atoms with Gasteiger partial charge in [0.15, 0.2) is 0 Å². The first-order valence-electron chi connectivity index (χ1n) is 6.73. The number of anilines is 1. The van der Waals surface area contributed by atoms with Gasteiger partial charge in [-0.3, -0.25) is 4.79 Å². The molecule has 2 rings (SSSR count). The Labute approximate surface area is 112 Å². The fraction of sp³-hybridized carbons (Fsp3) is 0.467. The summed E-state index contributed by atoms with van der Waals surface area (Å²) in [5.41, 5.74) is 0.587. The SMILES string of the molecule is O=CCN(C(=O)C1CCCCC1)c1ccc(F)cc1. The Morgan fingerprint density at radius 3 is 2.42 bits per heavy atom. The number of halogens is 1. The Kier molecular flexibility index (Phi) is 4.66. The van der Waals surface area contributed by atoms with Crippen molar-refractivity contribution in [1.29, 1.82) is 0 Å². The van der Waals surface area contributed by atoms with E-state index >= 15 is 0 Å². The molecule has 1 aromatic carbocycles. The topological polar surface area (TPSA) is 37.4 Å².